The monoisotopic (exact) mass is 196 g/mol. The average Bonchev–Trinajstić information content (AvgIpc) is 2.47. The third kappa shape index (κ3) is 1.08. The van der Waals surface area contributed by atoms with E-state index in [4.69, 9.17) is 17.4 Å². The number of hydrogen-bond acceptors (Lipinski definition) is 7. The van der Waals surface area contributed by atoms with Crippen molar-refractivity contribution in [3.63, 3.8) is 0 Å². The normalized spacial score (nSPS) is 10.7. The highest BCUT2D eigenvalue weighted by atomic mass is 16.1. The summed E-state index contributed by atoms with van der Waals surface area (Å²) in [5.74, 6) is 10.5. The van der Waals surface area contributed by atoms with Crippen LogP contribution in [0.4, 0.5) is 5.95 Å². The van der Waals surface area contributed by atoms with Crippen molar-refractivity contribution in [3.05, 3.63) is 16.7 Å². The minimum atomic E-state index is -0.437. The molecule has 0 saturated carbocycles. The lowest BCUT2D eigenvalue weighted by Crippen LogP contribution is -2.47. The van der Waals surface area contributed by atoms with E-state index in [0.29, 0.717) is 0 Å². The number of aromatic amines is 1. The second-order valence-corrected chi connectivity index (χ2v) is 2.59. The fourth-order valence-electron chi connectivity index (χ4n) is 1.08. The summed E-state index contributed by atoms with van der Waals surface area (Å²) in [6.07, 6.45) is 1.27. The van der Waals surface area contributed by atoms with Gasteiger partial charge in [0.05, 0.1) is 0 Å². The van der Waals surface area contributed by atoms with Crippen molar-refractivity contribution in [1.29, 1.82) is 0 Å². The number of hydrazine groups is 2. The summed E-state index contributed by atoms with van der Waals surface area (Å²) in [4.78, 5) is 21.2. The van der Waals surface area contributed by atoms with Crippen LogP contribution in [0.15, 0.2) is 11.1 Å². The van der Waals surface area contributed by atoms with Gasteiger partial charge in [0.2, 0.25) is 5.95 Å². The van der Waals surface area contributed by atoms with Crippen LogP contribution in [0.2, 0.25) is 0 Å². The molecule has 0 bridgehead atoms. The third-order valence-electron chi connectivity index (χ3n) is 1.66. The van der Waals surface area contributed by atoms with Gasteiger partial charge in [0.25, 0.3) is 5.56 Å². The maximum Gasteiger partial charge on any atom is 0.280 e. The fourth-order valence-corrected chi connectivity index (χ4v) is 1.08. The second kappa shape index (κ2) is 2.68. The molecular formula is C5H8N8O. The highest BCUT2D eigenvalue weighted by molar-refractivity contribution is 5.70. The third-order valence-corrected chi connectivity index (χ3v) is 1.66. The molecule has 2 aromatic heterocycles. The van der Waals surface area contributed by atoms with Gasteiger partial charge < -0.3 is 5.73 Å². The molecule has 0 spiro atoms. The van der Waals surface area contributed by atoms with Crippen molar-refractivity contribution >= 4 is 17.1 Å². The molecule has 0 aliphatic rings. The predicted octanol–water partition coefficient (Wildman–Crippen LogP) is -2.61. The standard InChI is InChI=1S/C5H8N8O/c6-5-10-3-2(4(14)11-5)9-1-12(3)13(7)8/h1H,7-8H2,(H3,6,10,11,14). The largest absolute Gasteiger partial charge is 0.369 e. The Morgan fingerprint density at radius 3 is 2.86 bits per heavy atom. The highest BCUT2D eigenvalue weighted by Crippen LogP contribution is 2.03. The Kier molecular flexibility index (Phi) is 1.62. The van der Waals surface area contributed by atoms with E-state index in [1.165, 1.54) is 11.0 Å². The summed E-state index contributed by atoms with van der Waals surface area (Å²) in [5, 5.41) is 0.751. The van der Waals surface area contributed by atoms with Gasteiger partial charge in [-0.1, -0.05) is 0 Å². The van der Waals surface area contributed by atoms with Crippen LogP contribution < -0.4 is 28.2 Å². The number of H-pyrrole nitrogens is 1. The molecule has 7 N–H and O–H groups in total. The van der Waals surface area contributed by atoms with Crippen LogP contribution in [0.3, 0.4) is 0 Å². The lowest BCUT2D eigenvalue weighted by Gasteiger charge is -2.11. The molecule has 14 heavy (non-hydrogen) atoms. The van der Waals surface area contributed by atoms with Crippen LogP contribution in [0, 0.1) is 0 Å². The summed E-state index contributed by atoms with van der Waals surface area (Å²) in [6, 6.07) is 0. The smallest absolute Gasteiger partial charge is 0.280 e. The first-order valence-corrected chi connectivity index (χ1v) is 3.62. The number of fused-ring (bicyclic) bond motifs is 1. The Labute approximate surface area is 77.0 Å². The SMILES string of the molecule is Nc1nc2c(ncn2N(N)N)c(=O)[nH]1. The number of rotatable bonds is 1. The number of nitrogens with one attached hydrogen (secondary N) is 1. The zero-order chi connectivity index (χ0) is 10.3. The molecule has 0 aliphatic carbocycles. The van der Waals surface area contributed by atoms with E-state index in [1.807, 2.05) is 0 Å². The molecule has 0 aromatic carbocycles. The molecular weight excluding hydrogens is 188 g/mol. The first-order chi connectivity index (χ1) is 6.59. The van der Waals surface area contributed by atoms with Crippen LogP contribution in [0.5, 0.6) is 0 Å². The Morgan fingerprint density at radius 2 is 2.21 bits per heavy atom. The van der Waals surface area contributed by atoms with Crippen molar-refractivity contribution < 1.29 is 0 Å². The molecule has 0 amide bonds. The number of nitrogens with zero attached hydrogens (tertiary/aromatic N) is 4. The molecule has 9 heteroatoms. The van der Waals surface area contributed by atoms with E-state index in [9.17, 15) is 4.79 Å². The van der Waals surface area contributed by atoms with E-state index >= 15 is 0 Å². The number of imidazole rings is 1. The zero-order valence-corrected chi connectivity index (χ0v) is 7.01. The zero-order valence-electron chi connectivity index (χ0n) is 7.01. The number of aromatic nitrogens is 4. The summed E-state index contributed by atoms with van der Waals surface area (Å²) in [6.45, 7) is 0. The Balaban J connectivity index is 2.85. The van der Waals surface area contributed by atoms with Gasteiger partial charge in [-0.05, 0) is 0 Å². The Bertz CT molecular complexity index is 524. The fraction of sp³-hybridized carbons (Fsp3) is 0. The molecule has 0 unspecified atom stereocenters. The molecule has 0 atom stereocenters. The van der Waals surface area contributed by atoms with Crippen LogP contribution in [0.25, 0.3) is 11.2 Å². The number of anilines is 1. The molecule has 0 aliphatic heterocycles. The Hall–Kier alpha value is -2.13. The van der Waals surface area contributed by atoms with E-state index in [2.05, 4.69) is 15.0 Å². The lowest BCUT2D eigenvalue weighted by atomic mass is 10.5. The average molecular weight is 196 g/mol. The number of nitrogen functional groups attached to an aromatic ring is 1. The van der Waals surface area contributed by atoms with Gasteiger partial charge in [-0.3, -0.25) is 9.78 Å². The summed E-state index contributed by atoms with van der Waals surface area (Å²) in [5.41, 5.74) is 5.24. The minimum Gasteiger partial charge on any atom is -0.369 e. The van der Waals surface area contributed by atoms with Crippen molar-refractivity contribution in [1.82, 2.24) is 19.6 Å². The second-order valence-electron chi connectivity index (χ2n) is 2.59. The number of nitrogens with two attached hydrogens (primary N) is 3. The van der Waals surface area contributed by atoms with Crippen molar-refractivity contribution in [2.45, 2.75) is 0 Å². The van der Waals surface area contributed by atoms with E-state index < -0.39 is 5.56 Å². The minimum absolute atomic E-state index is 0.0221. The lowest BCUT2D eigenvalue weighted by molar-refractivity contribution is 0.642. The quantitative estimate of drug-likeness (QED) is 0.288. The Morgan fingerprint density at radius 1 is 1.50 bits per heavy atom. The summed E-state index contributed by atoms with van der Waals surface area (Å²) in [7, 11) is 0. The van der Waals surface area contributed by atoms with Gasteiger partial charge in [-0.15, -0.1) is 0 Å². The van der Waals surface area contributed by atoms with Gasteiger partial charge in [-0.2, -0.15) is 14.9 Å². The summed E-state index contributed by atoms with van der Waals surface area (Å²) >= 11 is 0. The molecule has 74 valence electrons. The molecule has 0 saturated heterocycles. The van der Waals surface area contributed by atoms with E-state index in [-0.39, 0.29) is 17.1 Å². The van der Waals surface area contributed by atoms with Gasteiger partial charge in [0.15, 0.2) is 11.2 Å². The van der Waals surface area contributed by atoms with Crippen LogP contribution in [-0.2, 0) is 0 Å². The van der Waals surface area contributed by atoms with Crippen molar-refractivity contribution in [3.8, 4) is 0 Å². The molecule has 0 radical (unpaired) electrons. The molecule has 9 nitrogen and oxygen atoms in total. The van der Waals surface area contributed by atoms with E-state index in [0.717, 1.165) is 5.23 Å². The van der Waals surface area contributed by atoms with Gasteiger partial charge in [-0.25, -0.2) is 16.7 Å². The van der Waals surface area contributed by atoms with Crippen molar-refractivity contribution in [2.24, 2.45) is 11.7 Å². The molecule has 2 rings (SSSR count). The van der Waals surface area contributed by atoms with Crippen molar-refractivity contribution in [2.75, 3.05) is 11.0 Å². The molecule has 0 fully saturated rings. The first-order valence-electron chi connectivity index (χ1n) is 3.62. The van der Waals surface area contributed by atoms with Crippen LogP contribution in [0.1, 0.15) is 0 Å². The van der Waals surface area contributed by atoms with Gasteiger partial charge in [0.1, 0.15) is 6.33 Å². The van der Waals surface area contributed by atoms with Gasteiger partial charge in [0, 0.05) is 0 Å². The first kappa shape index (κ1) is 8.47. The maximum absolute atomic E-state index is 11.3. The molecule has 2 heterocycles. The molecule has 2 aromatic rings. The summed E-state index contributed by atoms with van der Waals surface area (Å²) < 4.78 is 1.20. The predicted molar refractivity (Wildman–Crippen MR) is 49.2 cm³/mol. The van der Waals surface area contributed by atoms with E-state index in [1.54, 1.807) is 0 Å². The topological polar surface area (TPSA) is 145 Å². The maximum atomic E-state index is 11.3. The highest BCUT2D eigenvalue weighted by Gasteiger charge is 2.10. The number of hydrogen-bond donors (Lipinski definition) is 4. The van der Waals surface area contributed by atoms with Gasteiger partial charge >= 0.3 is 0 Å². The van der Waals surface area contributed by atoms with Crippen LogP contribution in [-0.4, -0.2) is 19.6 Å². The van der Waals surface area contributed by atoms with Crippen LogP contribution >= 0.6 is 0 Å².